The van der Waals surface area contributed by atoms with Gasteiger partial charge in [0.1, 0.15) is 0 Å². The van der Waals surface area contributed by atoms with Crippen LogP contribution in [0.1, 0.15) is 17.5 Å². The van der Waals surface area contributed by atoms with Crippen LogP contribution in [0.4, 0.5) is 18.9 Å². The van der Waals surface area contributed by atoms with Gasteiger partial charge in [-0.15, -0.1) is 0 Å². The van der Waals surface area contributed by atoms with Crippen LogP contribution in [-0.2, 0) is 27.4 Å². The van der Waals surface area contributed by atoms with Gasteiger partial charge in [-0.1, -0.05) is 18.2 Å². The van der Waals surface area contributed by atoms with Crippen molar-refractivity contribution in [1.29, 1.82) is 0 Å². The molecule has 27 heavy (non-hydrogen) atoms. The normalized spacial score (nSPS) is 12.2. The molecule has 0 heterocycles. The summed E-state index contributed by atoms with van der Waals surface area (Å²) in [5, 5.41) is 2.43. The van der Waals surface area contributed by atoms with Gasteiger partial charge in [-0.05, 0) is 42.3 Å². The minimum absolute atomic E-state index is 0.0516. The van der Waals surface area contributed by atoms with E-state index in [1.807, 2.05) is 0 Å². The van der Waals surface area contributed by atoms with E-state index in [9.17, 15) is 26.4 Å². The summed E-state index contributed by atoms with van der Waals surface area (Å²) in [5.74, 6) is -0.431. The molecule has 2 aromatic carbocycles. The molecular formula is C18H19F3N2O3S. The topological polar surface area (TPSA) is 66.5 Å². The number of alkyl halides is 3. The van der Waals surface area contributed by atoms with Crippen molar-refractivity contribution >= 4 is 21.6 Å². The highest BCUT2D eigenvalue weighted by atomic mass is 32.2. The molecular weight excluding hydrogens is 381 g/mol. The van der Waals surface area contributed by atoms with Crippen LogP contribution in [0.5, 0.6) is 0 Å². The van der Waals surface area contributed by atoms with Gasteiger partial charge >= 0.3 is 6.18 Å². The van der Waals surface area contributed by atoms with Gasteiger partial charge in [-0.3, -0.25) is 4.79 Å². The molecule has 1 N–H and O–H groups in total. The van der Waals surface area contributed by atoms with Crippen molar-refractivity contribution in [2.75, 3.05) is 19.4 Å². The lowest BCUT2D eigenvalue weighted by Crippen LogP contribution is -2.22. The van der Waals surface area contributed by atoms with E-state index >= 15 is 0 Å². The number of amides is 1. The van der Waals surface area contributed by atoms with Crippen LogP contribution < -0.4 is 5.32 Å². The van der Waals surface area contributed by atoms with E-state index in [4.69, 9.17) is 0 Å². The maximum atomic E-state index is 12.7. The number of hydrogen-bond acceptors (Lipinski definition) is 3. The number of nitrogens with one attached hydrogen (secondary N) is 1. The molecule has 5 nitrogen and oxygen atoms in total. The van der Waals surface area contributed by atoms with E-state index in [1.165, 1.54) is 38.4 Å². The minimum Gasteiger partial charge on any atom is -0.326 e. The van der Waals surface area contributed by atoms with Gasteiger partial charge in [0.15, 0.2) is 0 Å². The minimum atomic E-state index is -4.48. The van der Waals surface area contributed by atoms with E-state index in [-0.39, 0.29) is 17.0 Å². The molecule has 0 saturated carbocycles. The van der Waals surface area contributed by atoms with E-state index in [1.54, 1.807) is 12.1 Å². The van der Waals surface area contributed by atoms with Crippen LogP contribution in [0.15, 0.2) is 53.4 Å². The number of anilines is 1. The van der Waals surface area contributed by atoms with E-state index in [2.05, 4.69) is 5.32 Å². The third-order valence-electron chi connectivity index (χ3n) is 3.82. The number of benzene rings is 2. The fraction of sp³-hybridized carbons (Fsp3) is 0.278. The third-order valence-corrected chi connectivity index (χ3v) is 5.65. The predicted octanol–water partition coefficient (Wildman–Crippen LogP) is 3.53. The fourth-order valence-electron chi connectivity index (χ4n) is 2.29. The van der Waals surface area contributed by atoms with Gasteiger partial charge in [-0.25, -0.2) is 12.7 Å². The summed E-state index contributed by atoms with van der Waals surface area (Å²) in [6, 6.07) is 10.5. The largest absolute Gasteiger partial charge is 0.416 e. The first kappa shape index (κ1) is 20.9. The Hall–Kier alpha value is -2.39. The number of rotatable bonds is 6. The molecule has 9 heteroatoms. The molecule has 0 bridgehead atoms. The van der Waals surface area contributed by atoms with Gasteiger partial charge in [-0.2, -0.15) is 13.2 Å². The maximum Gasteiger partial charge on any atom is 0.416 e. The third kappa shape index (κ3) is 5.54. The Kier molecular flexibility index (Phi) is 6.27. The Morgan fingerprint density at radius 1 is 1.07 bits per heavy atom. The molecule has 0 aromatic heterocycles. The first-order valence-corrected chi connectivity index (χ1v) is 9.43. The second-order valence-corrected chi connectivity index (χ2v) is 8.21. The van der Waals surface area contributed by atoms with Crippen LogP contribution in [-0.4, -0.2) is 32.7 Å². The number of halogens is 3. The summed E-state index contributed by atoms with van der Waals surface area (Å²) >= 11 is 0. The van der Waals surface area contributed by atoms with Crippen LogP contribution >= 0.6 is 0 Å². The number of hydrogen-bond donors (Lipinski definition) is 1. The van der Waals surface area contributed by atoms with Crippen molar-refractivity contribution in [2.24, 2.45) is 0 Å². The highest BCUT2D eigenvalue weighted by Crippen LogP contribution is 2.30. The zero-order chi connectivity index (χ0) is 20.2. The monoisotopic (exact) mass is 400 g/mol. The van der Waals surface area contributed by atoms with Crippen molar-refractivity contribution in [3.63, 3.8) is 0 Å². The number of carbonyl (C=O) groups excluding carboxylic acids is 1. The molecule has 0 aliphatic heterocycles. The maximum absolute atomic E-state index is 12.7. The van der Waals surface area contributed by atoms with Crippen molar-refractivity contribution in [3.8, 4) is 0 Å². The molecule has 146 valence electrons. The molecule has 0 unspecified atom stereocenters. The summed E-state index contributed by atoms with van der Waals surface area (Å²) in [7, 11) is -0.656. The highest BCUT2D eigenvalue weighted by Gasteiger charge is 2.30. The van der Waals surface area contributed by atoms with E-state index < -0.39 is 27.7 Å². The summed E-state index contributed by atoms with van der Waals surface area (Å²) in [4.78, 5) is 12.1. The first-order chi connectivity index (χ1) is 12.5. The van der Waals surface area contributed by atoms with Crippen molar-refractivity contribution < 1.29 is 26.4 Å². The van der Waals surface area contributed by atoms with Crippen LogP contribution in [0.2, 0.25) is 0 Å². The van der Waals surface area contributed by atoms with Crippen molar-refractivity contribution in [3.05, 3.63) is 59.7 Å². The smallest absolute Gasteiger partial charge is 0.326 e. The SMILES string of the molecule is CN(C)S(=O)(=O)c1ccc(CCC(=O)Nc2cccc(C(F)(F)F)c2)cc1. The van der Waals surface area contributed by atoms with Gasteiger partial charge in [0.25, 0.3) is 0 Å². The van der Waals surface area contributed by atoms with Gasteiger partial charge in [0.2, 0.25) is 15.9 Å². The van der Waals surface area contributed by atoms with Gasteiger partial charge < -0.3 is 5.32 Å². The van der Waals surface area contributed by atoms with Gasteiger partial charge in [0.05, 0.1) is 10.5 Å². The summed E-state index contributed by atoms with van der Waals surface area (Å²) in [6.07, 6.45) is -4.10. The zero-order valence-electron chi connectivity index (χ0n) is 14.7. The van der Waals surface area contributed by atoms with E-state index in [0.29, 0.717) is 6.42 Å². The average molecular weight is 400 g/mol. The van der Waals surface area contributed by atoms with Gasteiger partial charge in [0, 0.05) is 26.2 Å². The number of sulfonamides is 1. The highest BCUT2D eigenvalue weighted by molar-refractivity contribution is 7.89. The number of aryl methyl sites for hydroxylation is 1. The molecule has 0 fully saturated rings. The molecule has 0 atom stereocenters. The van der Waals surface area contributed by atoms with Crippen molar-refractivity contribution in [1.82, 2.24) is 4.31 Å². The molecule has 0 aliphatic carbocycles. The fourth-order valence-corrected chi connectivity index (χ4v) is 3.20. The first-order valence-electron chi connectivity index (χ1n) is 7.99. The number of carbonyl (C=O) groups is 1. The molecule has 2 rings (SSSR count). The Bertz CT molecular complexity index is 908. The Morgan fingerprint density at radius 3 is 2.26 bits per heavy atom. The Balaban J connectivity index is 1.96. The molecule has 0 aliphatic rings. The quantitative estimate of drug-likeness (QED) is 0.807. The second-order valence-electron chi connectivity index (χ2n) is 6.06. The summed E-state index contributed by atoms with van der Waals surface area (Å²) in [6.45, 7) is 0. The number of nitrogens with zero attached hydrogens (tertiary/aromatic N) is 1. The van der Waals surface area contributed by atoms with Crippen LogP contribution in [0.3, 0.4) is 0 Å². The average Bonchev–Trinajstić information content (AvgIpc) is 2.59. The molecule has 0 saturated heterocycles. The predicted molar refractivity (Wildman–Crippen MR) is 95.7 cm³/mol. The Morgan fingerprint density at radius 2 is 1.70 bits per heavy atom. The summed E-state index contributed by atoms with van der Waals surface area (Å²) in [5.41, 5.74) is -0.0212. The van der Waals surface area contributed by atoms with Crippen LogP contribution in [0, 0.1) is 0 Å². The lowest BCUT2D eigenvalue weighted by molar-refractivity contribution is -0.137. The molecule has 2 aromatic rings. The van der Waals surface area contributed by atoms with Crippen molar-refractivity contribution in [2.45, 2.75) is 23.9 Å². The molecule has 0 radical (unpaired) electrons. The second kappa shape index (κ2) is 8.10. The lowest BCUT2D eigenvalue weighted by Gasteiger charge is -2.12. The van der Waals surface area contributed by atoms with E-state index in [0.717, 1.165) is 22.0 Å². The standard InChI is InChI=1S/C18H19F3N2O3S/c1-23(2)27(25,26)16-9-6-13(7-10-16)8-11-17(24)22-15-5-3-4-14(12-15)18(19,20)21/h3-7,9-10,12H,8,11H2,1-2H3,(H,22,24). The summed E-state index contributed by atoms with van der Waals surface area (Å²) < 4.78 is 63.1. The zero-order valence-corrected chi connectivity index (χ0v) is 15.6. The molecule has 0 spiro atoms. The lowest BCUT2D eigenvalue weighted by atomic mass is 10.1. The van der Waals surface area contributed by atoms with Crippen LogP contribution in [0.25, 0.3) is 0 Å². The Labute approximate surface area is 155 Å². The molecule has 1 amide bonds.